The molecular formula is C15H23NO3. The first-order valence-corrected chi connectivity index (χ1v) is 6.50. The number of hydrogen-bond acceptors (Lipinski definition) is 3. The number of aliphatic hydroxyl groups is 1. The van der Waals surface area contributed by atoms with E-state index in [-0.39, 0.29) is 18.1 Å². The number of carbonyl (C=O) groups excluding carboxylic acids is 1. The standard InChI is InChI=1S/C15H23NO3/c1-11(14(18)16-15(2,3)4)19-13-7-5-12(6-8-13)9-10-17/h5-8,11,17H,9-10H2,1-4H3,(H,16,18). The van der Waals surface area contributed by atoms with Crippen molar-refractivity contribution in [3.05, 3.63) is 29.8 Å². The van der Waals surface area contributed by atoms with Crippen molar-refractivity contribution in [2.24, 2.45) is 0 Å². The molecule has 1 amide bonds. The first-order chi connectivity index (χ1) is 8.81. The molecule has 0 saturated carbocycles. The summed E-state index contributed by atoms with van der Waals surface area (Å²) in [6.45, 7) is 7.65. The smallest absolute Gasteiger partial charge is 0.261 e. The summed E-state index contributed by atoms with van der Waals surface area (Å²) < 4.78 is 5.58. The minimum atomic E-state index is -0.539. The molecule has 0 fully saturated rings. The van der Waals surface area contributed by atoms with Gasteiger partial charge in [0, 0.05) is 12.1 Å². The lowest BCUT2D eigenvalue weighted by Gasteiger charge is -2.23. The molecule has 0 aromatic heterocycles. The molecule has 19 heavy (non-hydrogen) atoms. The predicted octanol–water partition coefficient (Wildman–Crippen LogP) is 1.90. The third-order valence-electron chi connectivity index (χ3n) is 2.50. The lowest BCUT2D eigenvalue weighted by molar-refractivity contribution is -0.128. The van der Waals surface area contributed by atoms with E-state index in [0.717, 1.165) is 5.56 Å². The van der Waals surface area contributed by atoms with E-state index in [9.17, 15) is 4.79 Å². The number of nitrogens with one attached hydrogen (secondary N) is 1. The van der Waals surface area contributed by atoms with Gasteiger partial charge in [-0.25, -0.2) is 0 Å². The first kappa shape index (κ1) is 15.5. The quantitative estimate of drug-likeness (QED) is 0.855. The molecule has 0 heterocycles. The van der Waals surface area contributed by atoms with Gasteiger partial charge in [-0.15, -0.1) is 0 Å². The minimum Gasteiger partial charge on any atom is -0.481 e. The number of hydrogen-bond donors (Lipinski definition) is 2. The highest BCUT2D eigenvalue weighted by Crippen LogP contribution is 2.14. The van der Waals surface area contributed by atoms with Gasteiger partial charge in [-0.2, -0.15) is 0 Å². The Morgan fingerprint density at radius 1 is 1.32 bits per heavy atom. The van der Waals surface area contributed by atoms with Crippen LogP contribution in [-0.2, 0) is 11.2 Å². The molecule has 0 aliphatic rings. The number of ether oxygens (including phenoxy) is 1. The zero-order valence-electron chi connectivity index (χ0n) is 12.1. The highest BCUT2D eigenvalue weighted by Gasteiger charge is 2.20. The average Bonchev–Trinajstić information content (AvgIpc) is 2.29. The van der Waals surface area contributed by atoms with E-state index in [1.807, 2.05) is 45.0 Å². The van der Waals surface area contributed by atoms with Crippen LogP contribution in [-0.4, -0.2) is 29.3 Å². The Kier molecular flexibility index (Phi) is 5.36. The van der Waals surface area contributed by atoms with Crippen LogP contribution in [0.2, 0.25) is 0 Å². The molecule has 0 saturated heterocycles. The lowest BCUT2D eigenvalue weighted by Crippen LogP contribution is -2.46. The van der Waals surface area contributed by atoms with Gasteiger partial charge in [0.05, 0.1) is 0 Å². The summed E-state index contributed by atoms with van der Waals surface area (Å²) in [7, 11) is 0. The summed E-state index contributed by atoms with van der Waals surface area (Å²) in [6.07, 6.45) is 0.0864. The van der Waals surface area contributed by atoms with Crippen LogP contribution in [0.3, 0.4) is 0 Å². The first-order valence-electron chi connectivity index (χ1n) is 6.50. The van der Waals surface area contributed by atoms with Gasteiger partial charge in [-0.1, -0.05) is 12.1 Å². The molecular weight excluding hydrogens is 242 g/mol. The molecule has 1 unspecified atom stereocenters. The molecule has 2 N–H and O–H groups in total. The van der Waals surface area contributed by atoms with E-state index in [1.54, 1.807) is 6.92 Å². The van der Waals surface area contributed by atoms with Crippen LogP contribution >= 0.6 is 0 Å². The SMILES string of the molecule is CC(Oc1ccc(CCO)cc1)C(=O)NC(C)(C)C. The number of carbonyl (C=O) groups is 1. The minimum absolute atomic E-state index is 0.130. The fraction of sp³-hybridized carbons (Fsp3) is 0.533. The van der Waals surface area contributed by atoms with Crippen molar-refractivity contribution in [3.63, 3.8) is 0 Å². The molecule has 1 atom stereocenters. The number of rotatable bonds is 5. The Morgan fingerprint density at radius 3 is 2.37 bits per heavy atom. The second-order valence-corrected chi connectivity index (χ2v) is 5.62. The van der Waals surface area contributed by atoms with Crippen LogP contribution in [0.25, 0.3) is 0 Å². The van der Waals surface area contributed by atoms with Crippen LogP contribution in [0.15, 0.2) is 24.3 Å². The second-order valence-electron chi connectivity index (χ2n) is 5.62. The summed E-state index contributed by atoms with van der Waals surface area (Å²) in [6, 6.07) is 7.40. The van der Waals surface area contributed by atoms with Gasteiger partial charge in [0.2, 0.25) is 0 Å². The molecule has 0 bridgehead atoms. The average molecular weight is 265 g/mol. The third kappa shape index (κ3) is 5.75. The fourth-order valence-corrected chi connectivity index (χ4v) is 1.59. The van der Waals surface area contributed by atoms with Crippen molar-refractivity contribution in [1.82, 2.24) is 5.32 Å². The molecule has 0 aliphatic carbocycles. The fourth-order valence-electron chi connectivity index (χ4n) is 1.59. The van der Waals surface area contributed by atoms with Gasteiger partial charge in [-0.3, -0.25) is 4.79 Å². The molecule has 1 aromatic carbocycles. The molecule has 0 radical (unpaired) electrons. The van der Waals surface area contributed by atoms with E-state index >= 15 is 0 Å². The Hall–Kier alpha value is -1.55. The summed E-state index contributed by atoms with van der Waals surface area (Å²) in [4.78, 5) is 11.9. The van der Waals surface area contributed by atoms with Gasteiger partial charge in [0.15, 0.2) is 6.10 Å². The number of aliphatic hydroxyl groups excluding tert-OH is 1. The molecule has 4 nitrogen and oxygen atoms in total. The van der Waals surface area contributed by atoms with Crippen LogP contribution in [0, 0.1) is 0 Å². The molecule has 1 aromatic rings. The zero-order chi connectivity index (χ0) is 14.5. The Labute approximate surface area is 114 Å². The second kappa shape index (κ2) is 6.57. The van der Waals surface area contributed by atoms with E-state index in [1.165, 1.54) is 0 Å². The van der Waals surface area contributed by atoms with Gasteiger partial charge in [-0.05, 0) is 51.8 Å². The van der Waals surface area contributed by atoms with Gasteiger partial charge < -0.3 is 15.2 Å². The monoisotopic (exact) mass is 265 g/mol. The van der Waals surface area contributed by atoms with E-state index in [4.69, 9.17) is 9.84 Å². The number of benzene rings is 1. The summed E-state index contributed by atoms with van der Waals surface area (Å²) in [5, 5.41) is 11.7. The van der Waals surface area contributed by atoms with Gasteiger partial charge in [0.1, 0.15) is 5.75 Å². The maximum absolute atomic E-state index is 11.9. The largest absolute Gasteiger partial charge is 0.481 e. The van der Waals surface area contributed by atoms with Crippen LogP contribution in [0.1, 0.15) is 33.3 Å². The summed E-state index contributed by atoms with van der Waals surface area (Å²) in [5.74, 6) is 0.519. The molecule has 106 valence electrons. The predicted molar refractivity (Wildman–Crippen MR) is 75.2 cm³/mol. The van der Waals surface area contributed by atoms with Crippen molar-refractivity contribution >= 4 is 5.91 Å². The van der Waals surface area contributed by atoms with Crippen LogP contribution < -0.4 is 10.1 Å². The summed E-state index contributed by atoms with van der Waals surface area (Å²) in [5.41, 5.74) is 0.779. The third-order valence-corrected chi connectivity index (χ3v) is 2.50. The maximum atomic E-state index is 11.9. The van der Waals surface area contributed by atoms with Crippen molar-refractivity contribution in [3.8, 4) is 5.75 Å². The van der Waals surface area contributed by atoms with Crippen molar-refractivity contribution in [1.29, 1.82) is 0 Å². The molecule has 0 aliphatic heterocycles. The highest BCUT2D eigenvalue weighted by atomic mass is 16.5. The van der Waals surface area contributed by atoms with E-state index in [2.05, 4.69) is 5.32 Å². The highest BCUT2D eigenvalue weighted by molar-refractivity contribution is 5.81. The van der Waals surface area contributed by atoms with Gasteiger partial charge in [0.25, 0.3) is 5.91 Å². The molecule has 0 spiro atoms. The molecule has 1 rings (SSSR count). The topological polar surface area (TPSA) is 58.6 Å². The van der Waals surface area contributed by atoms with Crippen LogP contribution in [0.4, 0.5) is 0 Å². The zero-order valence-corrected chi connectivity index (χ0v) is 12.1. The Morgan fingerprint density at radius 2 is 1.89 bits per heavy atom. The number of amides is 1. The van der Waals surface area contributed by atoms with Crippen molar-refractivity contribution in [2.45, 2.75) is 45.8 Å². The van der Waals surface area contributed by atoms with Crippen LogP contribution in [0.5, 0.6) is 5.75 Å². The molecule has 4 heteroatoms. The van der Waals surface area contributed by atoms with Gasteiger partial charge >= 0.3 is 0 Å². The van der Waals surface area contributed by atoms with Crippen molar-refractivity contribution in [2.75, 3.05) is 6.61 Å². The van der Waals surface area contributed by atoms with E-state index in [0.29, 0.717) is 12.2 Å². The maximum Gasteiger partial charge on any atom is 0.261 e. The summed E-state index contributed by atoms with van der Waals surface area (Å²) >= 11 is 0. The van der Waals surface area contributed by atoms with E-state index < -0.39 is 6.10 Å². The normalized spacial score (nSPS) is 12.9. The lowest BCUT2D eigenvalue weighted by atomic mass is 10.1. The Bertz CT molecular complexity index is 406. The van der Waals surface area contributed by atoms with Crippen molar-refractivity contribution < 1.29 is 14.6 Å². The Balaban J connectivity index is 2.56.